The fraction of sp³-hybridized carbons (Fsp3) is 0.400. The Morgan fingerprint density at radius 1 is 1.07 bits per heavy atom. The maximum Gasteiger partial charge on any atom is 0.293 e. The third-order valence-corrected chi connectivity index (χ3v) is 6.92. The quantitative estimate of drug-likeness (QED) is 0.749. The Morgan fingerprint density at radius 2 is 1.64 bits per heavy atom. The standard InChI is InChI=1S/C20H26N4O3S/c1-16(23-14-10-18(11-15-23)22(2)3)20(25)21-17-6-8-19(9-7-17)28(26,27)24-12-4-5-13-24/h6-11,14-16H,4-5,12-13H2,1-3H3/p+1/t16-/m0/s1. The number of amides is 1. The summed E-state index contributed by atoms with van der Waals surface area (Å²) < 4.78 is 28.5. The molecule has 1 fully saturated rings. The van der Waals surface area contributed by atoms with E-state index in [9.17, 15) is 13.2 Å². The Labute approximate surface area is 166 Å². The van der Waals surface area contributed by atoms with Crippen molar-refractivity contribution in [2.45, 2.75) is 30.7 Å². The maximum atomic E-state index is 12.6. The van der Waals surface area contributed by atoms with Gasteiger partial charge in [0.15, 0.2) is 12.4 Å². The molecular weight excluding hydrogens is 376 g/mol. The van der Waals surface area contributed by atoms with Crippen LogP contribution in [0.4, 0.5) is 11.4 Å². The van der Waals surface area contributed by atoms with Crippen molar-refractivity contribution in [3.05, 3.63) is 48.8 Å². The van der Waals surface area contributed by atoms with Crippen molar-refractivity contribution < 1.29 is 17.8 Å². The van der Waals surface area contributed by atoms with Gasteiger partial charge in [-0.1, -0.05) is 0 Å². The molecule has 1 saturated heterocycles. The highest BCUT2D eigenvalue weighted by atomic mass is 32.2. The highest BCUT2D eigenvalue weighted by Crippen LogP contribution is 2.22. The van der Waals surface area contributed by atoms with E-state index in [0.29, 0.717) is 18.8 Å². The normalized spacial score (nSPS) is 16.0. The van der Waals surface area contributed by atoms with Crippen molar-refractivity contribution in [2.24, 2.45) is 0 Å². The summed E-state index contributed by atoms with van der Waals surface area (Å²) in [7, 11) is 0.482. The molecule has 1 aromatic carbocycles. The fourth-order valence-corrected chi connectivity index (χ4v) is 4.67. The summed E-state index contributed by atoms with van der Waals surface area (Å²) in [5.41, 5.74) is 1.63. The number of hydrogen-bond acceptors (Lipinski definition) is 4. The molecule has 0 radical (unpaired) electrons. The zero-order valence-corrected chi connectivity index (χ0v) is 17.3. The third-order valence-electron chi connectivity index (χ3n) is 5.00. The minimum Gasteiger partial charge on any atom is -0.377 e. The van der Waals surface area contributed by atoms with Gasteiger partial charge in [-0.25, -0.2) is 8.42 Å². The van der Waals surface area contributed by atoms with Crippen LogP contribution in [0.5, 0.6) is 0 Å². The van der Waals surface area contributed by atoms with E-state index in [1.165, 1.54) is 4.31 Å². The highest BCUT2D eigenvalue weighted by molar-refractivity contribution is 7.89. The fourth-order valence-electron chi connectivity index (χ4n) is 3.16. The Hall–Kier alpha value is -2.45. The van der Waals surface area contributed by atoms with E-state index in [4.69, 9.17) is 0 Å². The minimum absolute atomic E-state index is 0.169. The van der Waals surface area contributed by atoms with E-state index in [0.717, 1.165) is 18.5 Å². The molecule has 1 aliphatic heterocycles. The summed E-state index contributed by atoms with van der Waals surface area (Å²) in [5.74, 6) is -0.169. The van der Waals surface area contributed by atoms with Crippen molar-refractivity contribution in [2.75, 3.05) is 37.4 Å². The zero-order chi connectivity index (χ0) is 20.3. The lowest BCUT2D eigenvalue weighted by molar-refractivity contribution is -0.705. The summed E-state index contributed by atoms with van der Waals surface area (Å²) >= 11 is 0. The number of rotatable bonds is 6. The van der Waals surface area contributed by atoms with E-state index >= 15 is 0 Å². The van der Waals surface area contributed by atoms with Crippen molar-refractivity contribution in [3.63, 3.8) is 0 Å². The molecule has 1 N–H and O–H groups in total. The van der Waals surface area contributed by atoms with Gasteiger partial charge in [-0.15, -0.1) is 0 Å². The van der Waals surface area contributed by atoms with Crippen LogP contribution in [-0.4, -0.2) is 45.8 Å². The van der Waals surface area contributed by atoms with Gasteiger partial charge in [0.1, 0.15) is 0 Å². The molecule has 7 nitrogen and oxygen atoms in total. The minimum atomic E-state index is -3.44. The van der Waals surface area contributed by atoms with Gasteiger partial charge < -0.3 is 10.2 Å². The molecular formula is C20H27N4O3S+. The summed E-state index contributed by atoms with van der Waals surface area (Å²) in [6.45, 7) is 2.96. The number of benzene rings is 1. The lowest BCUT2D eigenvalue weighted by Gasteiger charge is -2.16. The SMILES string of the molecule is C[C@@H](C(=O)Nc1ccc(S(=O)(=O)N2CCCC2)cc1)[n+]1ccc(N(C)C)cc1. The van der Waals surface area contributed by atoms with Gasteiger partial charge in [-0.2, -0.15) is 8.87 Å². The summed E-state index contributed by atoms with van der Waals surface area (Å²) in [6, 6.07) is 9.86. The van der Waals surface area contributed by atoms with Crippen molar-refractivity contribution in [3.8, 4) is 0 Å². The first-order valence-electron chi connectivity index (χ1n) is 9.38. The van der Waals surface area contributed by atoms with Crippen LogP contribution in [-0.2, 0) is 14.8 Å². The molecule has 8 heteroatoms. The van der Waals surface area contributed by atoms with Crippen LogP contribution in [0.1, 0.15) is 25.8 Å². The Morgan fingerprint density at radius 3 is 2.18 bits per heavy atom. The van der Waals surface area contributed by atoms with Crippen molar-refractivity contribution >= 4 is 27.3 Å². The highest BCUT2D eigenvalue weighted by Gasteiger charge is 2.27. The summed E-state index contributed by atoms with van der Waals surface area (Å²) in [5, 5.41) is 2.85. The molecule has 1 aromatic heterocycles. The Balaban J connectivity index is 1.67. The van der Waals surface area contributed by atoms with Crippen LogP contribution in [0, 0.1) is 0 Å². The van der Waals surface area contributed by atoms with Crippen molar-refractivity contribution in [1.29, 1.82) is 0 Å². The molecule has 0 bridgehead atoms. The second kappa shape index (κ2) is 8.28. The molecule has 0 aliphatic carbocycles. The van der Waals surface area contributed by atoms with Crippen LogP contribution >= 0.6 is 0 Å². The number of aromatic nitrogens is 1. The maximum absolute atomic E-state index is 12.6. The van der Waals surface area contributed by atoms with E-state index in [1.807, 2.05) is 55.0 Å². The molecule has 0 unspecified atom stereocenters. The number of sulfonamides is 1. The molecule has 28 heavy (non-hydrogen) atoms. The topological polar surface area (TPSA) is 73.6 Å². The van der Waals surface area contributed by atoms with E-state index < -0.39 is 16.1 Å². The van der Waals surface area contributed by atoms with Gasteiger partial charge in [0, 0.05) is 57.6 Å². The predicted molar refractivity (Wildman–Crippen MR) is 109 cm³/mol. The van der Waals surface area contributed by atoms with Gasteiger partial charge in [0.25, 0.3) is 5.91 Å². The monoisotopic (exact) mass is 403 g/mol. The summed E-state index contributed by atoms with van der Waals surface area (Å²) in [6.07, 6.45) is 5.54. The van der Waals surface area contributed by atoms with Gasteiger partial charge >= 0.3 is 0 Å². The largest absolute Gasteiger partial charge is 0.377 e. The lowest BCUT2D eigenvalue weighted by atomic mass is 10.2. The van der Waals surface area contributed by atoms with Crippen LogP contribution in [0.15, 0.2) is 53.7 Å². The predicted octanol–water partition coefficient (Wildman–Crippen LogP) is 2.02. The zero-order valence-electron chi connectivity index (χ0n) is 16.5. The van der Waals surface area contributed by atoms with Crippen LogP contribution in [0.3, 0.4) is 0 Å². The van der Waals surface area contributed by atoms with Crippen molar-refractivity contribution in [1.82, 2.24) is 4.31 Å². The molecule has 2 aromatic rings. The molecule has 150 valence electrons. The summed E-state index contributed by atoms with van der Waals surface area (Å²) in [4.78, 5) is 14.8. The first-order chi connectivity index (χ1) is 13.3. The molecule has 0 spiro atoms. The number of hydrogen-bond donors (Lipinski definition) is 1. The molecule has 2 heterocycles. The number of nitrogens with one attached hydrogen (secondary N) is 1. The second-order valence-electron chi connectivity index (χ2n) is 7.20. The molecule has 3 rings (SSSR count). The van der Waals surface area contributed by atoms with Gasteiger partial charge in [-0.05, 0) is 37.1 Å². The third kappa shape index (κ3) is 4.34. The van der Waals surface area contributed by atoms with Crippen LogP contribution < -0.4 is 14.8 Å². The average Bonchev–Trinajstić information content (AvgIpc) is 3.23. The number of pyridine rings is 1. The van der Waals surface area contributed by atoms with E-state index in [2.05, 4.69) is 5.32 Å². The molecule has 1 aliphatic rings. The van der Waals surface area contributed by atoms with Crippen LogP contribution in [0.2, 0.25) is 0 Å². The second-order valence-corrected chi connectivity index (χ2v) is 9.14. The number of anilines is 2. The smallest absolute Gasteiger partial charge is 0.293 e. The number of carbonyl (C=O) groups excluding carboxylic acids is 1. The molecule has 0 saturated carbocycles. The van der Waals surface area contributed by atoms with E-state index in [1.54, 1.807) is 24.3 Å². The molecule has 1 atom stereocenters. The Bertz CT molecular complexity index is 919. The Kier molecular flexibility index (Phi) is 6.00. The first-order valence-corrected chi connectivity index (χ1v) is 10.8. The number of nitrogens with zero attached hydrogens (tertiary/aromatic N) is 3. The number of carbonyl (C=O) groups is 1. The lowest BCUT2D eigenvalue weighted by Crippen LogP contribution is -2.44. The first kappa shape index (κ1) is 20.3. The molecule has 1 amide bonds. The van der Waals surface area contributed by atoms with Gasteiger partial charge in [0.2, 0.25) is 16.1 Å². The van der Waals surface area contributed by atoms with Crippen LogP contribution in [0.25, 0.3) is 0 Å². The van der Waals surface area contributed by atoms with E-state index in [-0.39, 0.29) is 10.8 Å². The average molecular weight is 404 g/mol. The van der Waals surface area contributed by atoms with Gasteiger partial charge in [-0.3, -0.25) is 4.79 Å². The van der Waals surface area contributed by atoms with Gasteiger partial charge in [0.05, 0.1) is 4.90 Å².